The van der Waals surface area contributed by atoms with Crippen molar-refractivity contribution >= 4 is 5.91 Å². The first-order chi connectivity index (χ1) is 13.5. The number of hydrogen-bond acceptors (Lipinski definition) is 7. The first kappa shape index (κ1) is 19.7. The molecule has 0 saturated carbocycles. The van der Waals surface area contributed by atoms with Crippen LogP contribution in [0.2, 0.25) is 0 Å². The fourth-order valence-corrected chi connectivity index (χ4v) is 3.25. The maximum Gasteiger partial charge on any atom is 0.293 e. The highest BCUT2D eigenvalue weighted by molar-refractivity contribution is 5.94. The Hall–Kier alpha value is -3.07. The van der Waals surface area contributed by atoms with Crippen LogP contribution in [0.15, 0.2) is 23.0 Å². The summed E-state index contributed by atoms with van der Waals surface area (Å²) in [6.45, 7) is 0.927. The molecule has 1 aliphatic rings. The molecule has 0 radical (unpaired) electrons. The van der Waals surface area contributed by atoms with Gasteiger partial charge in [0.25, 0.3) is 11.5 Å². The number of aromatic nitrogens is 2. The molecule has 4 N–H and O–H groups in total. The molecule has 1 fully saturated rings. The van der Waals surface area contributed by atoms with Crippen LogP contribution in [0.3, 0.4) is 0 Å². The number of nitrogens with one attached hydrogen (secondary N) is 3. The lowest BCUT2D eigenvalue weighted by Crippen LogP contribution is -2.32. The van der Waals surface area contributed by atoms with Gasteiger partial charge in [0.2, 0.25) is 5.75 Å². The maximum absolute atomic E-state index is 12.6. The summed E-state index contributed by atoms with van der Waals surface area (Å²) in [6, 6.07) is 5.16. The largest absolute Gasteiger partial charge is 0.501 e. The fraction of sp³-hybridized carbons (Fsp3) is 0.421. The summed E-state index contributed by atoms with van der Waals surface area (Å²) in [6.07, 6.45) is 2.85. The van der Waals surface area contributed by atoms with Crippen molar-refractivity contribution in [1.82, 2.24) is 20.6 Å². The van der Waals surface area contributed by atoms with Crippen molar-refractivity contribution in [1.29, 1.82) is 0 Å². The number of H-pyrrole nitrogens is 1. The Morgan fingerprint density at radius 2 is 2.14 bits per heavy atom. The molecule has 3 rings (SSSR count). The Kier molecular flexibility index (Phi) is 6.15. The smallest absolute Gasteiger partial charge is 0.293 e. The molecule has 28 heavy (non-hydrogen) atoms. The first-order valence-electron chi connectivity index (χ1n) is 9.09. The third-order valence-electron chi connectivity index (χ3n) is 4.69. The molecular formula is C19H24N4O5. The first-order valence-corrected chi connectivity index (χ1v) is 9.09. The molecule has 1 unspecified atom stereocenters. The number of ether oxygens (including phenoxy) is 2. The molecule has 0 aliphatic carbocycles. The Morgan fingerprint density at radius 3 is 2.82 bits per heavy atom. The molecule has 1 aromatic carbocycles. The number of hydrogen-bond donors (Lipinski definition) is 4. The number of carbonyl (C=O) groups is 1. The molecule has 1 atom stereocenters. The van der Waals surface area contributed by atoms with Crippen LogP contribution in [0.25, 0.3) is 0 Å². The molecule has 1 saturated heterocycles. The predicted octanol–water partition coefficient (Wildman–Crippen LogP) is 1.24. The van der Waals surface area contributed by atoms with Crippen molar-refractivity contribution in [3.63, 3.8) is 0 Å². The molecule has 150 valence electrons. The van der Waals surface area contributed by atoms with Gasteiger partial charge >= 0.3 is 0 Å². The van der Waals surface area contributed by atoms with Gasteiger partial charge in [-0.05, 0) is 25.5 Å². The molecule has 1 aromatic heterocycles. The minimum absolute atomic E-state index is 0.115. The zero-order chi connectivity index (χ0) is 20.1. The second-order valence-electron chi connectivity index (χ2n) is 6.49. The summed E-state index contributed by atoms with van der Waals surface area (Å²) in [5.41, 5.74) is -0.344. The van der Waals surface area contributed by atoms with Gasteiger partial charge in [-0.2, -0.15) is 0 Å². The highest BCUT2D eigenvalue weighted by Crippen LogP contribution is 2.30. The lowest BCUT2D eigenvalue weighted by Gasteiger charge is -2.22. The van der Waals surface area contributed by atoms with Gasteiger partial charge in [0.05, 0.1) is 20.3 Å². The van der Waals surface area contributed by atoms with E-state index < -0.39 is 17.2 Å². The summed E-state index contributed by atoms with van der Waals surface area (Å²) in [5, 5.41) is 16.0. The average Bonchev–Trinajstić information content (AvgIpc) is 2.73. The van der Waals surface area contributed by atoms with Gasteiger partial charge < -0.3 is 30.2 Å². The molecular weight excluding hydrogens is 364 g/mol. The lowest BCUT2D eigenvalue weighted by molar-refractivity contribution is 0.0941. The minimum Gasteiger partial charge on any atom is -0.501 e. The Balaban J connectivity index is 1.81. The van der Waals surface area contributed by atoms with Gasteiger partial charge in [0, 0.05) is 12.1 Å². The van der Waals surface area contributed by atoms with Crippen molar-refractivity contribution in [2.24, 2.45) is 0 Å². The summed E-state index contributed by atoms with van der Waals surface area (Å²) >= 11 is 0. The van der Waals surface area contributed by atoms with E-state index in [-0.39, 0.29) is 18.3 Å². The highest BCUT2D eigenvalue weighted by atomic mass is 16.5. The Bertz CT molecular complexity index is 906. The quantitative estimate of drug-likeness (QED) is 0.586. The normalized spacial score (nSPS) is 16.4. The van der Waals surface area contributed by atoms with Gasteiger partial charge in [0.1, 0.15) is 5.82 Å². The second kappa shape index (κ2) is 8.75. The molecule has 1 amide bonds. The van der Waals surface area contributed by atoms with Gasteiger partial charge in [-0.15, -0.1) is 0 Å². The number of carbonyl (C=O) groups excluding carboxylic acids is 1. The van der Waals surface area contributed by atoms with E-state index in [1.54, 1.807) is 18.2 Å². The number of para-hydroxylation sites is 1. The third-order valence-corrected chi connectivity index (χ3v) is 4.69. The van der Waals surface area contributed by atoms with Crippen LogP contribution in [0.4, 0.5) is 0 Å². The van der Waals surface area contributed by atoms with E-state index in [0.717, 1.165) is 25.8 Å². The van der Waals surface area contributed by atoms with E-state index in [2.05, 4.69) is 20.6 Å². The standard InChI is InChI=1S/C19H24N4O5/c1-27-13-8-5-6-11(16(13)28-2)10-21-18(25)14-15(24)19(26)23-17(22-14)12-7-3-4-9-20-12/h5-6,8,12,20,24H,3-4,7,9-10H2,1-2H3,(H,21,25)(H,22,23,26). The molecule has 2 aromatic rings. The number of rotatable bonds is 6. The summed E-state index contributed by atoms with van der Waals surface area (Å²) in [5.74, 6) is 0.0457. The molecule has 9 nitrogen and oxygen atoms in total. The summed E-state index contributed by atoms with van der Waals surface area (Å²) < 4.78 is 10.6. The summed E-state index contributed by atoms with van der Waals surface area (Å²) in [4.78, 5) is 31.4. The molecule has 9 heteroatoms. The van der Waals surface area contributed by atoms with E-state index in [1.807, 2.05) is 0 Å². The van der Waals surface area contributed by atoms with Crippen molar-refractivity contribution in [3.05, 3.63) is 45.6 Å². The lowest BCUT2D eigenvalue weighted by atomic mass is 10.0. The van der Waals surface area contributed by atoms with Crippen molar-refractivity contribution < 1.29 is 19.4 Å². The zero-order valence-corrected chi connectivity index (χ0v) is 15.9. The Morgan fingerprint density at radius 1 is 1.32 bits per heavy atom. The highest BCUT2D eigenvalue weighted by Gasteiger charge is 2.23. The van der Waals surface area contributed by atoms with Crippen LogP contribution in [0.1, 0.15) is 47.2 Å². The third kappa shape index (κ3) is 4.09. The van der Waals surface area contributed by atoms with Gasteiger partial charge in [-0.3, -0.25) is 9.59 Å². The van der Waals surface area contributed by atoms with Crippen LogP contribution >= 0.6 is 0 Å². The van der Waals surface area contributed by atoms with Crippen molar-refractivity contribution in [2.75, 3.05) is 20.8 Å². The van der Waals surface area contributed by atoms with Crippen LogP contribution in [-0.2, 0) is 6.54 Å². The number of nitrogens with zero attached hydrogens (tertiary/aromatic N) is 1. The topological polar surface area (TPSA) is 126 Å². The van der Waals surface area contributed by atoms with Crippen LogP contribution in [-0.4, -0.2) is 41.7 Å². The number of piperidine rings is 1. The van der Waals surface area contributed by atoms with E-state index in [0.29, 0.717) is 22.9 Å². The number of benzene rings is 1. The zero-order valence-electron chi connectivity index (χ0n) is 15.9. The van der Waals surface area contributed by atoms with E-state index in [4.69, 9.17) is 9.47 Å². The van der Waals surface area contributed by atoms with E-state index in [1.165, 1.54) is 14.2 Å². The fourth-order valence-electron chi connectivity index (χ4n) is 3.25. The van der Waals surface area contributed by atoms with E-state index >= 15 is 0 Å². The summed E-state index contributed by atoms with van der Waals surface area (Å²) in [7, 11) is 3.04. The molecule has 0 spiro atoms. The van der Waals surface area contributed by atoms with Gasteiger partial charge in [0.15, 0.2) is 17.2 Å². The minimum atomic E-state index is -0.735. The number of aromatic hydroxyl groups is 1. The van der Waals surface area contributed by atoms with Gasteiger partial charge in [-0.25, -0.2) is 4.98 Å². The van der Waals surface area contributed by atoms with Crippen LogP contribution < -0.4 is 25.7 Å². The molecule has 1 aliphatic heterocycles. The van der Waals surface area contributed by atoms with Crippen LogP contribution in [0.5, 0.6) is 17.2 Å². The number of methoxy groups -OCH3 is 2. The molecule has 0 bridgehead atoms. The predicted molar refractivity (Wildman–Crippen MR) is 102 cm³/mol. The van der Waals surface area contributed by atoms with Gasteiger partial charge in [-0.1, -0.05) is 18.6 Å². The second-order valence-corrected chi connectivity index (χ2v) is 6.49. The van der Waals surface area contributed by atoms with Crippen molar-refractivity contribution in [3.8, 4) is 17.2 Å². The average molecular weight is 388 g/mol. The maximum atomic E-state index is 12.6. The molecule has 2 heterocycles. The van der Waals surface area contributed by atoms with E-state index in [9.17, 15) is 14.7 Å². The SMILES string of the molecule is COc1cccc(CNC(=O)c2nc(C3CCCCN3)[nH]c(=O)c2O)c1OC. The van der Waals surface area contributed by atoms with Crippen LogP contribution in [0, 0.1) is 0 Å². The number of amides is 1. The Labute approximate surface area is 162 Å². The monoisotopic (exact) mass is 388 g/mol. The van der Waals surface area contributed by atoms with Crippen molar-refractivity contribution in [2.45, 2.75) is 31.8 Å². The number of aromatic amines is 1.